The van der Waals surface area contributed by atoms with Crippen LogP contribution in [0.5, 0.6) is 11.5 Å². The first-order valence-corrected chi connectivity index (χ1v) is 6.35. The zero-order valence-electron chi connectivity index (χ0n) is 10.6. The molecule has 96 valence electrons. The number of hydrogen-bond acceptors (Lipinski definition) is 3. The van der Waals surface area contributed by atoms with Crippen LogP contribution in [0.3, 0.4) is 0 Å². The molecule has 0 radical (unpaired) electrons. The quantitative estimate of drug-likeness (QED) is 0.870. The summed E-state index contributed by atoms with van der Waals surface area (Å²) in [6.45, 7) is 2.43. The Morgan fingerprint density at radius 3 is 2.67 bits per heavy atom. The molecule has 2 rings (SSSR count). The van der Waals surface area contributed by atoms with Crippen molar-refractivity contribution in [1.82, 2.24) is 9.78 Å². The molecule has 0 spiro atoms. The first-order valence-electron chi connectivity index (χ1n) is 5.56. The van der Waals surface area contributed by atoms with Crippen LogP contribution in [0, 0.1) is 6.92 Å². The summed E-state index contributed by atoms with van der Waals surface area (Å²) in [6.07, 6.45) is 0. The summed E-state index contributed by atoms with van der Waals surface area (Å²) in [5, 5.41) is 4.28. The third kappa shape index (κ3) is 2.85. The van der Waals surface area contributed by atoms with E-state index in [2.05, 4.69) is 21.0 Å². The normalized spacial score (nSPS) is 10.4. The molecule has 0 aliphatic heterocycles. The monoisotopic (exact) mass is 310 g/mol. The average Bonchev–Trinajstić information content (AvgIpc) is 2.66. The summed E-state index contributed by atoms with van der Waals surface area (Å²) in [5.74, 6) is 1.43. The fourth-order valence-electron chi connectivity index (χ4n) is 1.71. The van der Waals surface area contributed by atoms with E-state index in [0.717, 1.165) is 21.6 Å². The topological polar surface area (TPSA) is 36.3 Å². The molecule has 0 saturated heterocycles. The maximum absolute atomic E-state index is 5.76. The lowest BCUT2D eigenvalue weighted by atomic mass is 10.3. The maximum atomic E-state index is 5.76. The Kier molecular flexibility index (Phi) is 3.91. The molecular weight excluding hydrogens is 296 g/mol. The molecule has 0 unspecified atom stereocenters. The van der Waals surface area contributed by atoms with Gasteiger partial charge in [0.25, 0.3) is 0 Å². The van der Waals surface area contributed by atoms with Crippen LogP contribution in [0.2, 0.25) is 0 Å². The molecule has 18 heavy (non-hydrogen) atoms. The molecule has 0 aliphatic carbocycles. The first kappa shape index (κ1) is 13.0. The Balaban J connectivity index is 2.13. The van der Waals surface area contributed by atoms with E-state index in [9.17, 15) is 0 Å². The largest absolute Gasteiger partial charge is 0.493 e. The Labute approximate surface area is 115 Å². The molecule has 1 aromatic heterocycles. The summed E-state index contributed by atoms with van der Waals surface area (Å²) in [5.41, 5.74) is 2.01. The molecule has 0 bridgehead atoms. The fraction of sp³-hybridized carbons (Fsp3) is 0.308. The van der Waals surface area contributed by atoms with E-state index in [0.29, 0.717) is 12.4 Å². The molecule has 1 heterocycles. The van der Waals surface area contributed by atoms with Gasteiger partial charge in [-0.05, 0) is 31.2 Å². The molecule has 0 amide bonds. The first-order chi connectivity index (χ1) is 8.60. The van der Waals surface area contributed by atoms with Crippen LogP contribution in [-0.4, -0.2) is 16.9 Å². The standard InChI is InChI=1S/C13H15BrN2O2/c1-9-6-11(16(2)15-9)8-18-12-5-4-10(14)7-13(12)17-3/h4-7H,8H2,1-3H3. The van der Waals surface area contributed by atoms with Gasteiger partial charge in [0.2, 0.25) is 0 Å². The molecule has 0 saturated carbocycles. The zero-order chi connectivity index (χ0) is 13.1. The van der Waals surface area contributed by atoms with E-state index in [4.69, 9.17) is 9.47 Å². The van der Waals surface area contributed by atoms with Crippen LogP contribution >= 0.6 is 15.9 Å². The lowest BCUT2D eigenvalue weighted by molar-refractivity contribution is 0.275. The van der Waals surface area contributed by atoms with Crippen molar-refractivity contribution in [1.29, 1.82) is 0 Å². The van der Waals surface area contributed by atoms with Gasteiger partial charge in [-0.1, -0.05) is 15.9 Å². The Bertz CT molecular complexity index is 552. The lowest BCUT2D eigenvalue weighted by Crippen LogP contribution is -2.03. The van der Waals surface area contributed by atoms with E-state index in [-0.39, 0.29) is 0 Å². The van der Waals surface area contributed by atoms with Crippen LogP contribution in [0.15, 0.2) is 28.7 Å². The minimum absolute atomic E-state index is 0.468. The third-order valence-electron chi connectivity index (χ3n) is 2.60. The van der Waals surface area contributed by atoms with Crippen LogP contribution in [-0.2, 0) is 13.7 Å². The highest BCUT2D eigenvalue weighted by Crippen LogP contribution is 2.30. The lowest BCUT2D eigenvalue weighted by Gasteiger charge is -2.10. The number of methoxy groups -OCH3 is 1. The van der Waals surface area contributed by atoms with Gasteiger partial charge in [0.05, 0.1) is 18.5 Å². The van der Waals surface area contributed by atoms with Gasteiger partial charge >= 0.3 is 0 Å². The van der Waals surface area contributed by atoms with Gasteiger partial charge in [0, 0.05) is 11.5 Å². The highest BCUT2D eigenvalue weighted by atomic mass is 79.9. The van der Waals surface area contributed by atoms with E-state index in [1.165, 1.54) is 0 Å². The molecule has 0 aliphatic rings. The Morgan fingerprint density at radius 1 is 1.28 bits per heavy atom. The minimum atomic E-state index is 0.468. The molecule has 4 nitrogen and oxygen atoms in total. The van der Waals surface area contributed by atoms with Crippen molar-refractivity contribution in [3.8, 4) is 11.5 Å². The van der Waals surface area contributed by atoms with E-state index in [1.807, 2.05) is 42.9 Å². The molecule has 0 N–H and O–H groups in total. The highest BCUT2D eigenvalue weighted by Gasteiger charge is 2.07. The summed E-state index contributed by atoms with van der Waals surface area (Å²) in [4.78, 5) is 0. The van der Waals surface area contributed by atoms with Crippen molar-refractivity contribution in [2.24, 2.45) is 7.05 Å². The molecule has 0 atom stereocenters. The summed E-state index contributed by atoms with van der Waals surface area (Å²) in [7, 11) is 3.54. The number of aromatic nitrogens is 2. The second kappa shape index (κ2) is 5.44. The predicted octanol–water partition coefficient (Wildman–Crippen LogP) is 3.08. The van der Waals surface area contributed by atoms with Crippen molar-refractivity contribution in [3.63, 3.8) is 0 Å². The molecule has 2 aromatic rings. The fourth-order valence-corrected chi connectivity index (χ4v) is 2.05. The number of hydrogen-bond donors (Lipinski definition) is 0. The van der Waals surface area contributed by atoms with Crippen molar-refractivity contribution in [2.75, 3.05) is 7.11 Å². The van der Waals surface area contributed by atoms with E-state index in [1.54, 1.807) is 7.11 Å². The Hall–Kier alpha value is -1.49. The number of benzene rings is 1. The van der Waals surface area contributed by atoms with Crippen molar-refractivity contribution in [2.45, 2.75) is 13.5 Å². The molecule has 0 fully saturated rings. The van der Waals surface area contributed by atoms with Crippen LogP contribution in [0.4, 0.5) is 0 Å². The molecule has 5 heteroatoms. The van der Waals surface area contributed by atoms with Gasteiger partial charge in [0.1, 0.15) is 6.61 Å². The SMILES string of the molecule is COc1cc(Br)ccc1OCc1cc(C)nn1C. The second-order valence-corrected chi connectivity index (χ2v) is 4.90. The Morgan fingerprint density at radius 2 is 2.06 bits per heavy atom. The number of rotatable bonds is 4. The molecular formula is C13H15BrN2O2. The van der Waals surface area contributed by atoms with Crippen LogP contribution < -0.4 is 9.47 Å². The van der Waals surface area contributed by atoms with E-state index >= 15 is 0 Å². The van der Waals surface area contributed by atoms with Gasteiger partial charge in [-0.25, -0.2) is 0 Å². The third-order valence-corrected chi connectivity index (χ3v) is 3.09. The number of halogens is 1. The summed E-state index contributed by atoms with van der Waals surface area (Å²) < 4.78 is 13.8. The molecule has 1 aromatic carbocycles. The van der Waals surface area contributed by atoms with Crippen LogP contribution in [0.1, 0.15) is 11.4 Å². The van der Waals surface area contributed by atoms with Crippen molar-refractivity contribution >= 4 is 15.9 Å². The average molecular weight is 311 g/mol. The van der Waals surface area contributed by atoms with E-state index < -0.39 is 0 Å². The summed E-state index contributed by atoms with van der Waals surface area (Å²) >= 11 is 3.40. The number of ether oxygens (including phenoxy) is 2. The van der Waals surface area contributed by atoms with Crippen molar-refractivity contribution in [3.05, 3.63) is 40.1 Å². The number of nitrogens with zero attached hydrogens (tertiary/aromatic N) is 2. The smallest absolute Gasteiger partial charge is 0.161 e. The van der Waals surface area contributed by atoms with Crippen molar-refractivity contribution < 1.29 is 9.47 Å². The predicted molar refractivity (Wildman–Crippen MR) is 73.0 cm³/mol. The number of aryl methyl sites for hydroxylation is 2. The van der Waals surface area contributed by atoms with Gasteiger partial charge < -0.3 is 9.47 Å². The summed E-state index contributed by atoms with van der Waals surface area (Å²) in [6, 6.07) is 7.69. The highest BCUT2D eigenvalue weighted by molar-refractivity contribution is 9.10. The van der Waals surface area contributed by atoms with Gasteiger partial charge in [-0.3, -0.25) is 4.68 Å². The van der Waals surface area contributed by atoms with Gasteiger partial charge in [-0.15, -0.1) is 0 Å². The van der Waals surface area contributed by atoms with Gasteiger partial charge in [0.15, 0.2) is 11.5 Å². The maximum Gasteiger partial charge on any atom is 0.161 e. The van der Waals surface area contributed by atoms with Crippen LogP contribution in [0.25, 0.3) is 0 Å². The van der Waals surface area contributed by atoms with Gasteiger partial charge in [-0.2, -0.15) is 5.10 Å². The minimum Gasteiger partial charge on any atom is -0.493 e. The second-order valence-electron chi connectivity index (χ2n) is 3.98. The zero-order valence-corrected chi connectivity index (χ0v) is 12.2.